The van der Waals surface area contributed by atoms with Crippen LogP contribution in [0.5, 0.6) is 0 Å². The first kappa shape index (κ1) is 16.2. The van der Waals surface area contributed by atoms with Crippen molar-refractivity contribution in [3.05, 3.63) is 35.6 Å². The Hall–Kier alpha value is -2.28. The lowest BCUT2D eigenvalue weighted by molar-refractivity contribution is -0.129. The summed E-state index contributed by atoms with van der Waals surface area (Å²) in [5.74, 6) is -0.0823. The molecule has 0 spiro atoms. The molecular formula is C18H20N4O2S. The summed E-state index contributed by atoms with van der Waals surface area (Å²) in [5.41, 5.74) is 2.03. The van der Waals surface area contributed by atoms with Crippen molar-refractivity contribution < 1.29 is 9.59 Å². The molecule has 1 saturated carbocycles. The maximum atomic E-state index is 12.3. The van der Waals surface area contributed by atoms with Crippen LogP contribution in [0.25, 0.3) is 10.6 Å². The molecule has 1 aliphatic heterocycles. The first-order chi connectivity index (χ1) is 12.2. The average molecular weight is 356 g/mol. The molecule has 1 saturated heterocycles. The first-order valence-corrected chi connectivity index (χ1v) is 9.50. The maximum absolute atomic E-state index is 12.3. The van der Waals surface area contributed by atoms with Crippen LogP contribution in [0.1, 0.15) is 25.0 Å². The number of pyridine rings is 1. The molecule has 0 aromatic carbocycles. The van der Waals surface area contributed by atoms with Gasteiger partial charge in [0.15, 0.2) is 0 Å². The molecule has 2 aromatic heterocycles. The normalized spacial score (nSPS) is 20.1. The summed E-state index contributed by atoms with van der Waals surface area (Å²) in [7, 11) is 0. The van der Waals surface area contributed by atoms with E-state index in [4.69, 9.17) is 0 Å². The number of nitrogens with zero attached hydrogens (tertiary/aromatic N) is 3. The molecule has 4 rings (SSSR count). The van der Waals surface area contributed by atoms with Gasteiger partial charge in [-0.1, -0.05) is 0 Å². The van der Waals surface area contributed by atoms with E-state index in [0.29, 0.717) is 32.0 Å². The molecular weight excluding hydrogens is 336 g/mol. The van der Waals surface area contributed by atoms with Gasteiger partial charge in [0.1, 0.15) is 5.01 Å². The fourth-order valence-electron chi connectivity index (χ4n) is 3.15. The zero-order valence-corrected chi connectivity index (χ0v) is 14.7. The van der Waals surface area contributed by atoms with Gasteiger partial charge in [-0.3, -0.25) is 14.6 Å². The third-order valence-corrected chi connectivity index (χ3v) is 5.62. The Morgan fingerprint density at radius 2 is 2.12 bits per heavy atom. The third-order valence-electron chi connectivity index (χ3n) is 4.68. The summed E-state index contributed by atoms with van der Waals surface area (Å²) in [6.45, 7) is 1.13. The van der Waals surface area contributed by atoms with Crippen molar-refractivity contribution in [1.82, 2.24) is 20.2 Å². The molecule has 1 atom stereocenters. The molecule has 0 bridgehead atoms. The Kier molecular flexibility index (Phi) is 4.48. The number of carbonyl (C=O) groups excluding carboxylic acids is 2. The fourth-order valence-corrected chi connectivity index (χ4v) is 4.01. The molecule has 0 radical (unpaired) electrons. The monoisotopic (exact) mass is 356 g/mol. The van der Waals surface area contributed by atoms with Crippen molar-refractivity contribution in [2.75, 3.05) is 13.1 Å². The number of nitrogens with one attached hydrogen (secondary N) is 1. The second-order valence-corrected chi connectivity index (χ2v) is 7.46. The van der Waals surface area contributed by atoms with Gasteiger partial charge in [-0.25, -0.2) is 4.98 Å². The van der Waals surface area contributed by atoms with E-state index in [9.17, 15) is 9.59 Å². The molecule has 3 heterocycles. The van der Waals surface area contributed by atoms with Crippen molar-refractivity contribution in [2.24, 2.45) is 5.92 Å². The van der Waals surface area contributed by atoms with Gasteiger partial charge in [-0.05, 0) is 25.0 Å². The predicted molar refractivity (Wildman–Crippen MR) is 94.9 cm³/mol. The van der Waals surface area contributed by atoms with Crippen LogP contribution in [0.3, 0.4) is 0 Å². The highest BCUT2D eigenvalue weighted by atomic mass is 32.1. The second kappa shape index (κ2) is 6.92. The fraction of sp³-hybridized carbons (Fsp3) is 0.444. The largest absolute Gasteiger partial charge is 0.355 e. The molecule has 130 valence electrons. The van der Waals surface area contributed by atoms with Gasteiger partial charge in [0, 0.05) is 55.3 Å². The number of likely N-dealkylation sites (tertiary alicyclic amines) is 1. The van der Waals surface area contributed by atoms with Crippen molar-refractivity contribution >= 4 is 23.2 Å². The summed E-state index contributed by atoms with van der Waals surface area (Å²) in [4.78, 5) is 34.7. The van der Waals surface area contributed by atoms with Crippen LogP contribution in [-0.2, 0) is 16.0 Å². The molecule has 2 aromatic rings. The number of aromatic nitrogens is 2. The molecule has 6 nitrogen and oxygen atoms in total. The lowest BCUT2D eigenvalue weighted by Crippen LogP contribution is -2.34. The summed E-state index contributed by atoms with van der Waals surface area (Å²) >= 11 is 1.59. The lowest BCUT2D eigenvalue weighted by Gasteiger charge is -2.15. The number of hydrogen-bond acceptors (Lipinski definition) is 5. The quantitative estimate of drug-likeness (QED) is 0.857. The van der Waals surface area contributed by atoms with Crippen LogP contribution in [0, 0.1) is 5.92 Å². The topological polar surface area (TPSA) is 75.2 Å². The minimum absolute atomic E-state index is 0.0129. The minimum atomic E-state index is -0.198. The molecule has 2 aliphatic rings. The molecule has 1 N–H and O–H groups in total. The van der Waals surface area contributed by atoms with E-state index in [-0.39, 0.29) is 17.7 Å². The maximum Gasteiger partial charge on any atom is 0.225 e. The van der Waals surface area contributed by atoms with E-state index in [1.807, 2.05) is 22.4 Å². The van der Waals surface area contributed by atoms with E-state index >= 15 is 0 Å². The first-order valence-electron chi connectivity index (χ1n) is 8.62. The highest BCUT2D eigenvalue weighted by Gasteiger charge is 2.41. The Morgan fingerprint density at radius 1 is 1.32 bits per heavy atom. The van der Waals surface area contributed by atoms with Crippen molar-refractivity contribution in [3.63, 3.8) is 0 Å². The number of hydrogen-bond donors (Lipinski definition) is 1. The van der Waals surface area contributed by atoms with Crippen LogP contribution in [0.2, 0.25) is 0 Å². The second-order valence-electron chi connectivity index (χ2n) is 6.60. The van der Waals surface area contributed by atoms with E-state index in [1.54, 1.807) is 23.7 Å². The predicted octanol–water partition coefficient (Wildman–Crippen LogP) is 1.87. The summed E-state index contributed by atoms with van der Waals surface area (Å²) < 4.78 is 0. The lowest BCUT2D eigenvalue weighted by atomic mass is 10.1. The Labute approximate surface area is 150 Å². The molecule has 7 heteroatoms. The molecule has 2 fully saturated rings. The number of rotatable bonds is 6. The molecule has 25 heavy (non-hydrogen) atoms. The van der Waals surface area contributed by atoms with Gasteiger partial charge in [0.2, 0.25) is 11.8 Å². The molecule has 1 unspecified atom stereocenters. The van der Waals surface area contributed by atoms with E-state index in [0.717, 1.165) is 29.1 Å². The molecule has 2 amide bonds. The SMILES string of the molecule is O=C(NCCc1csc(-c2ccncc2)n1)C1CC(=O)N(C2CC2)C1. The summed E-state index contributed by atoms with van der Waals surface area (Å²) in [6.07, 6.45) is 6.73. The van der Waals surface area contributed by atoms with Crippen molar-refractivity contribution in [3.8, 4) is 10.6 Å². The van der Waals surface area contributed by atoms with Gasteiger partial charge >= 0.3 is 0 Å². The van der Waals surface area contributed by atoms with Crippen molar-refractivity contribution in [2.45, 2.75) is 31.7 Å². The number of amides is 2. The summed E-state index contributed by atoms with van der Waals surface area (Å²) in [6, 6.07) is 4.27. The smallest absolute Gasteiger partial charge is 0.225 e. The van der Waals surface area contributed by atoms with E-state index in [2.05, 4.69) is 15.3 Å². The third kappa shape index (κ3) is 3.71. The zero-order chi connectivity index (χ0) is 17.2. The van der Waals surface area contributed by atoms with Crippen LogP contribution in [-0.4, -0.2) is 45.8 Å². The van der Waals surface area contributed by atoms with Gasteiger partial charge in [0.25, 0.3) is 0 Å². The highest BCUT2D eigenvalue weighted by Crippen LogP contribution is 2.32. The van der Waals surface area contributed by atoms with Crippen LogP contribution in [0.15, 0.2) is 29.9 Å². The average Bonchev–Trinajstić information content (AvgIpc) is 3.23. The van der Waals surface area contributed by atoms with Gasteiger partial charge in [0.05, 0.1) is 11.6 Å². The Balaban J connectivity index is 1.26. The van der Waals surface area contributed by atoms with E-state index in [1.165, 1.54) is 0 Å². The minimum Gasteiger partial charge on any atom is -0.355 e. The highest BCUT2D eigenvalue weighted by molar-refractivity contribution is 7.13. The van der Waals surface area contributed by atoms with Gasteiger partial charge < -0.3 is 10.2 Å². The Morgan fingerprint density at radius 3 is 2.88 bits per heavy atom. The number of carbonyl (C=O) groups is 2. The van der Waals surface area contributed by atoms with Crippen LogP contribution >= 0.6 is 11.3 Å². The van der Waals surface area contributed by atoms with Crippen molar-refractivity contribution in [1.29, 1.82) is 0 Å². The molecule has 1 aliphatic carbocycles. The standard InChI is InChI=1S/C18H20N4O2S/c23-16-9-13(10-22(16)15-1-2-15)17(24)20-8-5-14-11-25-18(21-14)12-3-6-19-7-4-12/h3-4,6-7,11,13,15H,1-2,5,8-10H2,(H,20,24). The van der Waals surface area contributed by atoms with Crippen LogP contribution in [0.4, 0.5) is 0 Å². The van der Waals surface area contributed by atoms with Gasteiger partial charge in [-0.15, -0.1) is 11.3 Å². The Bertz CT molecular complexity index is 772. The zero-order valence-electron chi connectivity index (χ0n) is 13.9. The van der Waals surface area contributed by atoms with Gasteiger partial charge in [-0.2, -0.15) is 0 Å². The number of thiazole rings is 1. The van der Waals surface area contributed by atoms with Crippen LogP contribution < -0.4 is 5.32 Å². The summed E-state index contributed by atoms with van der Waals surface area (Å²) in [5, 5.41) is 5.95. The van der Waals surface area contributed by atoms with E-state index < -0.39 is 0 Å².